The van der Waals surface area contributed by atoms with E-state index in [1.807, 2.05) is 41.3 Å². The maximum absolute atomic E-state index is 13.3. The zero-order valence-corrected chi connectivity index (χ0v) is 26.4. The summed E-state index contributed by atoms with van der Waals surface area (Å²) in [6.45, 7) is 9.44. The number of amides is 2. The van der Waals surface area contributed by atoms with Crippen LogP contribution in [0.4, 0.5) is 15.9 Å². The summed E-state index contributed by atoms with van der Waals surface area (Å²) >= 11 is 0. The molecule has 2 amide bonds. The third kappa shape index (κ3) is 13.4. The molecule has 1 saturated heterocycles. The molecule has 258 valence electrons. The van der Waals surface area contributed by atoms with Gasteiger partial charge in [-0.1, -0.05) is 45.0 Å². The number of carboxylic acid groups (broad SMARTS) is 4. The number of aromatic nitrogens is 2. The molecule has 0 spiro atoms. The van der Waals surface area contributed by atoms with Gasteiger partial charge < -0.3 is 31.1 Å². The molecule has 0 unspecified atom stereocenters. The normalized spacial score (nSPS) is 13.1. The summed E-state index contributed by atoms with van der Waals surface area (Å²) in [4.78, 5) is 65.7. The lowest BCUT2D eigenvalue weighted by Crippen LogP contribution is -2.50. The number of halogens is 1. The van der Waals surface area contributed by atoms with Gasteiger partial charge in [-0.3, -0.25) is 19.4 Å². The lowest BCUT2D eigenvalue weighted by molar-refractivity contribution is -0.159. The van der Waals surface area contributed by atoms with Gasteiger partial charge in [-0.25, -0.2) is 28.3 Å². The van der Waals surface area contributed by atoms with Crippen LogP contribution in [0.2, 0.25) is 0 Å². The Morgan fingerprint density at radius 3 is 1.62 bits per heavy atom. The maximum atomic E-state index is 13.3. The van der Waals surface area contributed by atoms with E-state index in [0.717, 1.165) is 11.4 Å². The standard InChI is InChI=1S/C27H33FN6O2.2C2H2O4/c1-27(2,3)23-17-24(34(31-23)22-10-5-4-6-11-22)30-26(36)19-33-14-12-32(13-15-33)18-25(35)29-21-9-7-8-20(28)16-21;2*3-1(4)2(5)6/h4-11,16-17H,12-15,18-19H2,1-3H3,(H,29,35)(H,30,36);2*(H,3,4)(H,5,6). The van der Waals surface area contributed by atoms with Crippen LogP contribution in [0.25, 0.3) is 5.69 Å². The topological polar surface area (TPSA) is 232 Å². The van der Waals surface area contributed by atoms with Gasteiger partial charge in [-0.2, -0.15) is 5.10 Å². The number of carbonyl (C=O) groups is 6. The third-order valence-electron chi connectivity index (χ3n) is 6.42. The SMILES string of the molecule is CC(C)(C)c1cc(NC(=O)CN2CCN(CC(=O)Nc3cccc(F)c3)CC2)n(-c2ccccc2)n1.O=C(O)C(=O)O.O=C(O)C(=O)O. The number of hydrogen-bond donors (Lipinski definition) is 6. The van der Waals surface area contributed by atoms with Crippen LogP contribution in [-0.4, -0.2) is 115 Å². The van der Waals surface area contributed by atoms with Gasteiger partial charge in [0.1, 0.15) is 11.6 Å². The van der Waals surface area contributed by atoms with Crippen LogP contribution in [-0.2, 0) is 34.2 Å². The van der Waals surface area contributed by atoms with E-state index < -0.39 is 23.9 Å². The molecule has 0 atom stereocenters. The second-order valence-corrected chi connectivity index (χ2v) is 11.3. The van der Waals surface area contributed by atoms with Crippen molar-refractivity contribution in [1.82, 2.24) is 19.6 Å². The molecule has 17 heteroatoms. The predicted molar refractivity (Wildman–Crippen MR) is 169 cm³/mol. The number of piperazine rings is 1. The molecular weight excluding hydrogens is 635 g/mol. The zero-order chi connectivity index (χ0) is 36.0. The fraction of sp³-hybridized carbons (Fsp3) is 0.323. The van der Waals surface area contributed by atoms with Gasteiger partial charge in [0.2, 0.25) is 11.8 Å². The highest BCUT2D eigenvalue weighted by molar-refractivity contribution is 6.27. The first kappa shape index (κ1) is 38.5. The Labute approximate surface area is 274 Å². The number of carboxylic acids is 4. The molecule has 0 radical (unpaired) electrons. The quantitative estimate of drug-likeness (QED) is 0.197. The zero-order valence-electron chi connectivity index (χ0n) is 26.4. The van der Waals surface area contributed by atoms with Crippen molar-refractivity contribution in [1.29, 1.82) is 0 Å². The molecule has 1 aliphatic rings. The van der Waals surface area contributed by atoms with E-state index in [1.54, 1.807) is 16.8 Å². The number of nitrogens with one attached hydrogen (secondary N) is 2. The Balaban J connectivity index is 0.000000570. The highest BCUT2D eigenvalue weighted by atomic mass is 19.1. The van der Waals surface area contributed by atoms with Gasteiger partial charge in [0.05, 0.1) is 24.5 Å². The van der Waals surface area contributed by atoms with E-state index in [9.17, 15) is 14.0 Å². The summed E-state index contributed by atoms with van der Waals surface area (Å²) in [6, 6.07) is 17.5. The average molecular weight is 673 g/mol. The number of anilines is 2. The maximum Gasteiger partial charge on any atom is 0.414 e. The summed E-state index contributed by atoms with van der Waals surface area (Å²) in [7, 11) is 0. The highest BCUT2D eigenvalue weighted by Gasteiger charge is 2.24. The molecule has 1 aromatic heterocycles. The van der Waals surface area contributed by atoms with Crippen molar-refractivity contribution >= 4 is 47.2 Å². The van der Waals surface area contributed by atoms with E-state index in [1.165, 1.54) is 12.1 Å². The summed E-state index contributed by atoms with van der Waals surface area (Å²) in [6.07, 6.45) is 0. The van der Waals surface area contributed by atoms with Gasteiger partial charge in [0.25, 0.3) is 0 Å². The molecule has 1 fully saturated rings. The van der Waals surface area contributed by atoms with E-state index in [4.69, 9.17) is 44.7 Å². The van der Waals surface area contributed by atoms with E-state index in [0.29, 0.717) is 37.7 Å². The van der Waals surface area contributed by atoms with Gasteiger partial charge in [-0.05, 0) is 30.3 Å². The Bertz CT molecular complexity index is 1550. The van der Waals surface area contributed by atoms with Gasteiger partial charge >= 0.3 is 23.9 Å². The first-order chi connectivity index (χ1) is 22.5. The molecule has 2 heterocycles. The first-order valence-electron chi connectivity index (χ1n) is 14.3. The lowest BCUT2D eigenvalue weighted by Gasteiger charge is -2.33. The molecule has 48 heavy (non-hydrogen) atoms. The van der Waals surface area contributed by atoms with Crippen molar-refractivity contribution in [3.8, 4) is 5.69 Å². The second-order valence-electron chi connectivity index (χ2n) is 11.3. The molecule has 4 rings (SSSR count). The van der Waals surface area contributed by atoms with Gasteiger partial charge in [0, 0.05) is 43.3 Å². The van der Waals surface area contributed by atoms with Crippen LogP contribution in [0.15, 0.2) is 60.7 Å². The van der Waals surface area contributed by atoms with E-state index in [-0.39, 0.29) is 36.1 Å². The number of hydrogen-bond acceptors (Lipinski definition) is 9. The predicted octanol–water partition coefficient (Wildman–Crippen LogP) is 1.81. The van der Waals surface area contributed by atoms with Crippen molar-refractivity contribution in [2.24, 2.45) is 0 Å². The number of carbonyl (C=O) groups excluding carboxylic acids is 2. The number of nitrogens with zero attached hydrogens (tertiary/aromatic N) is 4. The molecule has 3 aromatic rings. The minimum Gasteiger partial charge on any atom is -0.473 e. The van der Waals surface area contributed by atoms with E-state index in [2.05, 4.69) is 36.3 Å². The molecule has 6 N–H and O–H groups in total. The molecular formula is C31H37FN6O10. The number of benzene rings is 2. The van der Waals surface area contributed by atoms with Crippen LogP contribution < -0.4 is 10.6 Å². The van der Waals surface area contributed by atoms with Crippen molar-refractivity contribution in [3.05, 3.63) is 72.2 Å². The average Bonchev–Trinajstić information content (AvgIpc) is 3.43. The molecule has 1 aliphatic heterocycles. The monoisotopic (exact) mass is 672 g/mol. The number of rotatable bonds is 7. The van der Waals surface area contributed by atoms with E-state index >= 15 is 0 Å². The highest BCUT2D eigenvalue weighted by Crippen LogP contribution is 2.26. The Hall–Kier alpha value is -5.68. The largest absolute Gasteiger partial charge is 0.473 e. The summed E-state index contributed by atoms with van der Waals surface area (Å²) in [5.74, 6) is -7.33. The molecule has 0 saturated carbocycles. The Morgan fingerprint density at radius 2 is 1.19 bits per heavy atom. The fourth-order valence-corrected chi connectivity index (χ4v) is 4.06. The summed E-state index contributed by atoms with van der Waals surface area (Å²) in [5.41, 5.74) is 2.07. The second kappa shape index (κ2) is 17.9. The van der Waals surface area contributed by atoms with Crippen molar-refractivity contribution < 1.29 is 53.6 Å². The first-order valence-corrected chi connectivity index (χ1v) is 14.3. The van der Waals surface area contributed by atoms with Crippen LogP contribution in [0.5, 0.6) is 0 Å². The fourth-order valence-electron chi connectivity index (χ4n) is 4.06. The Morgan fingerprint density at radius 1 is 0.708 bits per heavy atom. The van der Waals surface area contributed by atoms with Crippen LogP contribution in [0.1, 0.15) is 26.5 Å². The van der Waals surface area contributed by atoms with Gasteiger partial charge in [0.15, 0.2) is 0 Å². The molecule has 0 aliphatic carbocycles. The molecule has 16 nitrogen and oxygen atoms in total. The summed E-state index contributed by atoms with van der Waals surface area (Å²) < 4.78 is 15.1. The minimum atomic E-state index is -1.82. The smallest absolute Gasteiger partial charge is 0.414 e. The van der Waals surface area contributed by atoms with Crippen molar-refractivity contribution in [2.45, 2.75) is 26.2 Å². The summed E-state index contributed by atoms with van der Waals surface area (Å²) in [5, 5.41) is 40.1. The molecule has 2 aromatic carbocycles. The molecule has 0 bridgehead atoms. The third-order valence-corrected chi connectivity index (χ3v) is 6.42. The van der Waals surface area contributed by atoms with Crippen molar-refractivity contribution in [2.75, 3.05) is 49.9 Å². The van der Waals surface area contributed by atoms with Crippen LogP contribution in [0.3, 0.4) is 0 Å². The number of aliphatic carboxylic acids is 4. The Kier molecular flexibility index (Phi) is 14.3. The lowest BCUT2D eigenvalue weighted by atomic mass is 9.92. The van der Waals surface area contributed by atoms with Gasteiger partial charge in [-0.15, -0.1) is 0 Å². The minimum absolute atomic E-state index is 0.107. The van der Waals surface area contributed by atoms with Crippen LogP contribution in [0, 0.1) is 5.82 Å². The number of para-hydroxylation sites is 1. The van der Waals surface area contributed by atoms with Crippen LogP contribution >= 0.6 is 0 Å². The van der Waals surface area contributed by atoms with Crippen molar-refractivity contribution in [3.63, 3.8) is 0 Å².